The van der Waals surface area contributed by atoms with Crippen LogP contribution in [0.4, 0.5) is 0 Å². The summed E-state index contributed by atoms with van der Waals surface area (Å²) < 4.78 is 22.2. The number of aliphatic carboxylic acids is 1. The number of allylic oxidation sites excluding steroid dienone is 18. The van der Waals surface area contributed by atoms with Crippen molar-refractivity contribution in [2.75, 3.05) is 47.5 Å². The van der Waals surface area contributed by atoms with Crippen molar-refractivity contribution in [3.63, 3.8) is 0 Å². The second kappa shape index (κ2) is 36.7. The summed E-state index contributed by atoms with van der Waals surface area (Å²) in [6.07, 6.45) is 47.3. The summed E-state index contributed by atoms with van der Waals surface area (Å²) in [6.45, 7) is 4.22. The first-order valence-electron chi connectivity index (χ1n) is 19.7. The molecule has 306 valence electrons. The Hall–Kier alpha value is -4.31. The highest BCUT2D eigenvalue weighted by Crippen LogP contribution is 2.06. The van der Waals surface area contributed by atoms with Crippen LogP contribution < -0.4 is 5.11 Å². The fourth-order valence-corrected chi connectivity index (χ4v) is 4.27. The fourth-order valence-electron chi connectivity index (χ4n) is 4.27. The zero-order chi connectivity index (χ0) is 40.7. The molecule has 0 aromatic rings. The summed E-state index contributed by atoms with van der Waals surface area (Å²) in [4.78, 5) is 36.7. The Bertz CT molecular complexity index is 1310. The maximum absolute atomic E-state index is 12.6. The quantitative estimate of drug-likeness (QED) is 0.0283. The molecule has 0 aliphatic rings. The van der Waals surface area contributed by atoms with Crippen molar-refractivity contribution >= 4 is 17.9 Å². The zero-order valence-electron chi connectivity index (χ0n) is 34.2. The van der Waals surface area contributed by atoms with E-state index in [4.69, 9.17) is 18.9 Å². The lowest BCUT2D eigenvalue weighted by atomic mass is 10.2. The second-order valence-electron chi connectivity index (χ2n) is 13.5. The van der Waals surface area contributed by atoms with Crippen molar-refractivity contribution in [2.45, 2.75) is 103 Å². The zero-order valence-corrected chi connectivity index (χ0v) is 34.2. The standard InChI is InChI=1S/C46H69NO8/c1-6-8-10-12-14-16-18-20-22-24-26-28-30-32-34-36-43(48)53-40-42(41-54-46(45(50)51)52-39-38-47(3,4)5)55-44(49)37-35-33-31-29-27-25-23-21-19-17-15-13-11-9-7-2/h8-11,14-17,20-23,26-29,32-35,42,46H,6-7,12-13,18-19,24-25,30-31,36-41H2,1-5H3/b10-8-,11-9-,16-14-,17-15-,22-20-,23-21-,28-26-,29-27-,34-32-,35-33-. The van der Waals surface area contributed by atoms with Crippen LogP contribution in [0, 0.1) is 0 Å². The number of carboxylic acid groups (broad SMARTS) is 1. The molecule has 9 heteroatoms. The molecule has 0 N–H and O–H groups in total. The van der Waals surface area contributed by atoms with Crippen LogP contribution in [0.3, 0.4) is 0 Å². The molecule has 0 heterocycles. The van der Waals surface area contributed by atoms with E-state index in [2.05, 4.69) is 98.9 Å². The largest absolute Gasteiger partial charge is 0.545 e. The number of hydrogen-bond acceptors (Lipinski definition) is 8. The Morgan fingerprint density at radius 2 is 0.873 bits per heavy atom. The van der Waals surface area contributed by atoms with Gasteiger partial charge in [0.05, 0.1) is 53.2 Å². The fraction of sp³-hybridized carbons (Fsp3) is 0.500. The minimum absolute atomic E-state index is 0.0120. The Morgan fingerprint density at radius 1 is 0.509 bits per heavy atom. The number of likely N-dealkylation sites (N-methyl/N-ethyl adjacent to an activating group) is 1. The molecule has 2 atom stereocenters. The van der Waals surface area contributed by atoms with E-state index in [-0.39, 0.29) is 32.7 Å². The van der Waals surface area contributed by atoms with Crippen molar-refractivity contribution in [3.8, 4) is 0 Å². The molecule has 0 aromatic carbocycles. The lowest BCUT2D eigenvalue weighted by molar-refractivity contribution is -0.870. The molecular weight excluding hydrogens is 695 g/mol. The molecule has 9 nitrogen and oxygen atoms in total. The van der Waals surface area contributed by atoms with Gasteiger partial charge in [-0.15, -0.1) is 0 Å². The molecule has 0 rings (SSSR count). The lowest BCUT2D eigenvalue weighted by Gasteiger charge is -2.26. The van der Waals surface area contributed by atoms with Gasteiger partial charge < -0.3 is 33.3 Å². The van der Waals surface area contributed by atoms with Crippen LogP contribution in [0.25, 0.3) is 0 Å². The van der Waals surface area contributed by atoms with E-state index in [1.807, 2.05) is 45.4 Å². The number of quaternary nitrogens is 1. The number of rotatable bonds is 33. The number of esters is 2. The first kappa shape index (κ1) is 50.7. The molecule has 0 spiro atoms. The number of nitrogens with zero attached hydrogens (tertiary/aromatic N) is 1. The number of carboxylic acids is 1. The average Bonchev–Trinajstić information content (AvgIpc) is 3.14. The highest BCUT2D eigenvalue weighted by atomic mass is 16.7. The molecule has 0 aliphatic carbocycles. The van der Waals surface area contributed by atoms with Gasteiger partial charge in [-0.05, 0) is 64.2 Å². The lowest BCUT2D eigenvalue weighted by Crippen LogP contribution is -2.44. The van der Waals surface area contributed by atoms with Crippen LogP contribution in [-0.4, -0.2) is 82.3 Å². The smallest absolute Gasteiger partial charge is 0.310 e. The van der Waals surface area contributed by atoms with E-state index < -0.39 is 30.3 Å². The van der Waals surface area contributed by atoms with Crippen molar-refractivity contribution < 1.29 is 42.9 Å². The predicted octanol–water partition coefficient (Wildman–Crippen LogP) is 8.54. The molecule has 0 saturated carbocycles. The SMILES string of the molecule is CC/C=C\C/C=C\C/C=C\C/C=C\C/C=C\CC(=O)OCC(COC(OCC[N+](C)(C)C)C(=O)[O-])OC(=O)C/C=C\C/C=C\C/C=C\C/C=C\C/C=C\CC. The molecule has 0 amide bonds. The number of ether oxygens (including phenoxy) is 4. The number of hydrogen-bond donors (Lipinski definition) is 0. The van der Waals surface area contributed by atoms with E-state index >= 15 is 0 Å². The third kappa shape index (κ3) is 37.8. The van der Waals surface area contributed by atoms with Crippen molar-refractivity contribution in [2.24, 2.45) is 0 Å². The Balaban J connectivity index is 4.84. The molecular formula is C46H69NO8. The van der Waals surface area contributed by atoms with E-state index in [0.717, 1.165) is 51.4 Å². The third-order valence-electron chi connectivity index (χ3n) is 7.27. The highest BCUT2D eigenvalue weighted by molar-refractivity contribution is 5.72. The topological polar surface area (TPSA) is 111 Å². The predicted molar refractivity (Wildman–Crippen MR) is 223 cm³/mol. The van der Waals surface area contributed by atoms with Gasteiger partial charge in [-0.3, -0.25) is 9.59 Å². The van der Waals surface area contributed by atoms with Crippen molar-refractivity contribution in [1.82, 2.24) is 0 Å². The Morgan fingerprint density at radius 3 is 1.24 bits per heavy atom. The molecule has 0 aliphatic heterocycles. The Kier molecular flexibility index (Phi) is 33.8. The second-order valence-corrected chi connectivity index (χ2v) is 13.5. The molecule has 0 radical (unpaired) electrons. The molecule has 0 saturated heterocycles. The molecule has 2 unspecified atom stereocenters. The first-order valence-corrected chi connectivity index (χ1v) is 19.7. The summed E-state index contributed by atoms with van der Waals surface area (Å²) in [7, 11) is 5.83. The van der Waals surface area contributed by atoms with Crippen molar-refractivity contribution in [3.05, 3.63) is 122 Å². The van der Waals surface area contributed by atoms with Crippen LogP contribution in [-0.2, 0) is 33.3 Å². The van der Waals surface area contributed by atoms with Gasteiger partial charge in [0.25, 0.3) is 0 Å². The molecule has 0 aromatic heterocycles. The minimum Gasteiger partial charge on any atom is -0.545 e. The van der Waals surface area contributed by atoms with Crippen LogP contribution >= 0.6 is 0 Å². The van der Waals surface area contributed by atoms with Gasteiger partial charge >= 0.3 is 11.9 Å². The van der Waals surface area contributed by atoms with Crippen LogP contribution in [0.5, 0.6) is 0 Å². The first-order chi connectivity index (χ1) is 26.6. The van der Waals surface area contributed by atoms with Gasteiger partial charge in [0, 0.05) is 0 Å². The summed E-state index contributed by atoms with van der Waals surface area (Å²) >= 11 is 0. The van der Waals surface area contributed by atoms with Gasteiger partial charge in [0.15, 0.2) is 12.4 Å². The average molecular weight is 764 g/mol. The van der Waals surface area contributed by atoms with Gasteiger partial charge in [-0.2, -0.15) is 0 Å². The third-order valence-corrected chi connectivity index (χ3v) is 7.27. The monoisotopic (exact) mass is 764 g/mol. The number of carbonyl (C=O) groups excluding carboxylic acids is 3. The number of carbonyl (C=O) groups is 3. The molecule has 55 heavy (non-hydrogen) atoms. The van der Waals surface area contributed by atoms with E-state index in [1.165, 1.54) is 0 Å². The highest BCUT2D eigenvalue weighted by Gasteiger charge is 2.21. The summed E-state index contributed by atoms with van der Waals surface area (Å²) in [5.41, 5.74) is 0. The van der Waals surface area contributed by atoms with Crippen LogP contribution in [0.1, 0.15) is 90.9 Å². The van der Waals surface area contributed by atoms with Gasteiger partial charge in [0.1, 0.15) is 13.2 Å². The molecule has 0 bridgehead atoms. The molecule has 0 fully saturated rings. The normalized spacial score (nSPS) is 14.3. The summed E-state index contributed by atoms with van der Waals surface area (Å²) in [5, 5.41) is 11.6. The summed E-state index contributed by atoms with van der Waals surface area (Å²) in [6, 6.07) is 0. The van der Waals surface area contributed by atoms with E-state index in [0.29, 0.717) is 23.9 Å². The van der Waals surface area contributed by atoms with E-state index in [9.17, 15) is 19.5 Å². The minimum atomic E-state index is -1.67. The maximum Gasteiger partial charge on any atom is 0.310 e. The van der Waals surface area contributed by atoms with Crippen LogP contribution in [0.2, 0.25) is 0 Å². The van der Waals surface area contributed by atoms with Crippen molar-refractivity contribution in [1.29, 1.82) is 0 Å². The van der Waals surface area contributed by atoms with Gasteiger partial charge in [-0.1, -0.05) is 135 Å². The summed E-state index contributed by atoms with van der Waals surface area (Å²) in [5.74, 6) is -2.64. The van der Waals surface area contributed by atoms with Gasteiger partial charge in [0.2, 0.25) is 0 Å². The van der Waals surface area contributed by atoms with Gasteiger partial charge in [-0.25, -0.2) is 0 Å². The maximum atomic E-state index is 12.6. The van der Waals surface area contributed by atoms with Crippen LogP contribution in [0.15, 0.2) is 122 Å². The van der Waals surface area contributed by atoms with E-state index in [1.54, 1.807) is 12.2 Å². The Labute approximate surface area is 332 Å².